The molecule has 2 N–H and O–H groups in total. The molecule has 8 heteroatoms. The maximum Gasteiger partial charge on any atom is 0.407 e. The summed E-state index contributed by atoms with van der Waals surface area (Å²) in [5.41, 5.74) is 2.30. The van der Waals surface area contributed by atoms with Gasteiger partial charge in [-0.25, -0.2) is 14.8 Å². The number of carbonyl (C=O) groups excluding carboxylic acids is 1. The summed E-state index contributed by atoms with van der Waals surface area (Å²) in [6, 6.07) is 8.40. The summed E-state index contributed by atoms with van der Waals surface area (Å²) in [5, 5.41) is 8.05. The van der Waals surface area contributed by atoms with Crippen LogP contribution in [0.25, 0.3) is 22.2 Å². The van der Waals surface area contributed by atoms with Gasteiger partial charge in [0.2, 0.25) is 5.95 Å². The molecule has 4 rings (SSSR count). The van der Waals surface area contributed by atoms with Gasteiger partial charge in [-0.2, -0.15) is 0 Å². The standard InChI is InChI=1S/C24H30ClN5O2/c1-24(2,3)32-23(31)28-16-8-5-7-15(13-16)27-22-26-14-19(25)21(29-22)18-9-6-10-20-17(18)11-12-30(20)4/h6,9-12,14-16H,5,7-8,13H2,1-4H3,(H,28,31)(H,26,27,29)/t15-,16+/m1/s1. The molecule has 1 aromatic carbocycles. The number of amides is 1. The number of aryl methyl sites for hydroxylation is 1. The fraction of sp³-hybridized carbons (Fsp3) is 0.458. The third-order valence-corrected chi connectivity index (χ3v) is 5.93. The first-order chi connectivity index (χ1) is 15.2. The predicted molar refractivity (Wildman–Crippen MR) is 128 cm³/mol. The number of benzene rings is 1. The molecule has 1 aliphatic rings. The van der Waals surface area contributed by atoms with E-state index in [-0.39, 0.29) is 18.2 Å². The predicted octanol–water partition coefficient (Wildman–Crippen LogP) is 5.54. The van der Waals surface area contributed by atoms with Crippen molar-refractivity contribution in [2.75, 3.05) is 5.32 Å². The van der Waals surface area contributed by atoms with E-state index in [1.165, 1.54) is 0 Å². The summed E-state index contributed by atoms with van der Waals surface area (Å²) in [6.45, 7) is 5.59. The smallest absolute Gasteiger partial charge is 0.407 e. The average molecular weight is 456 g/mol. The van der Waals surface area contributed by atoms with Crippen molar-refractivity contribution in [3.05, 3.63) is 41.7 Å². The van der Waals surface area contributed by atoms with E-state index in [2.05, 4.69) is 32.3 Å². The molecule has 2 atom stereocenters. The van der Waals surface area contributed by atoms with E-state index in [0.717, 1.165) is 42.1 Å². The van der Waals surface area contributed by atoms with Crippen molar-refractivity contribution in [2.45, 2.75) is 64.1 Å². The number of nitrogens with one attached hydrogen (secondary N) is 2. The minimum Gasteiger partial charge on any atom is -0.444 e. The summed E-state index contributed by atoms with van der Waals surface area (Å²) in [5.74, 6) is 0.542. The van der Waals surface area contributed by atoms with Gasteiger partial charge in [0, 0.05) is 41.8 Å². The number of fused-ring (bicyclic) bond motifs is 1. The fourth-order valence-corrected chi connectivity index (χ4v) is 4.44. The molecule has 1 saturated carbocycles. The Morgan fingerprint density at radius 2 is 2.00 bits per heavy atom. The van der Waals surface area contributed by atoms with Crippen molar-refractivity contribution >= 4 is 34.5 Å². The van der Waals surface area contributed by atoms with Gasteiger partial charge < -0.3 is 19.9 Å². The molecule has 2 aromatic heterocycles. The summed E-state index contributed by atoms with van der Waals surface area (Å²) < 4.78 is 7.47. The molecular weight excluding hydrogens is 426 g/mol. The monoisotopic (exact) mass is 455 g/mol. The Balaban J connectivity index is 1.49. The highest BCUT2D eigenvalue weighted by atomic mass is 35.5. The van der Waals surface area contributed by atoms with Crippen LogP contribution in [0.4, 0.5) is 10.7 Å². The summed E-state index contributed by atoms with van der Waals surface area (Å²) in [4.78, 5) is 21.3. The minimum atomic E-state index is -0.508. The third-order valence-electron chi connectivity index (χ3n) is 5.66. The SMILES string of the molecule is Cn1ccc2c(-c3nc(N[C@@H]4CCC[C@H](NC(=O)OC(C)(C)C)C4)ncc3Cl)cccc21. The van der Waals surface area contributed by atoms with E-state index < -0.39 is 5.60 Å². The lowest BCUT2D eigenvalue weighted by Gasteiger charge is -2.31. The fourth-order valence-electron chi connectivity index (χ4n) is 4.24. The van der Waals surface area contributed by atoms with E-state index in [1.807, 2.05) is 46.1 Å². The van der Waals surface area contributed by atoms with Crippen LogP contribution in [0.3, 0.4) is 0 Å². The zero-order valence-electron chi connectivity index (χ0n) is 19.0. The first-order valence-corrected chi connectivity index (χ1v) is 11.4. The highest BCUT2D eigenvalue weighted by Gasteiger charge is 2.26. The quantitative estimate of drug-likeness (QED) is 0.540. The van der Waals surface area contributed by atoms with E-state index in [0.29, 0.717) is 16.7 Å². The van der Waals surface area contributed by atoms with E-state index >= 15 is 0 Å². The van der Waals surface area contributed by atoms with E-state index in [4.69, 9.17) is 21.3 Å². The Morgan fingerprint density at radius 1 is 1.22 bits per heavy atom. The zero-order chi connectivity index (χ0) is 22.9. The number of nitrogens with zero attached hydrogens (tertiary/aromatic N) is 3. The normalized spacial score (nSPS) is 19.0. The Morgan fingerprint density at radius 3 is 2.78 bits per heavy atom. The first-order valence-electron chi connectivity index (χ1n) is 11.0. The Labute approximate surface area is 193 Å². The van der Waals surface area contributed by atoms with Crippen LogP contribution >= 0.6 is 11.6 Å². The van der Waals surface area contributed by atoms with Gasteiger partial charge in [0.25, 0.3) is 0 Å². The van der Waals surface area contributed by atoms with E-state index in [9.17, 15) is 4.79 Å². The molecule has 1 aliphatic carbocycles. The van der Waals surface area contributed by atoms with Crippen molar-refractivity contribution in [3.8, 4) is 11.3 Å². The topological polar surface area (TPSA) is 81.1 Å². The Hall–Kier alpha value is -2.80. The lowest BCUT2D eigenvalue weighted by atomic mass is 9.91. The molecule has 0 spiro atoms. The van der Waals surface area contributed by atoms with Crippen molar-refractivity contribution in [2.24, 2.45) is 7.05 Å². The van der Waals surface area contributed by atoms with Gasteiger partial charge in [0.05, 0.1) is 16.9 Å². The first kappa shape index (κ1) is 22.4. The van der Waals surface area contributed by atoms with Crippen LogP contribution in [0.15, 0.2) is 36.7 Å². The number of halogens is 1. The lowest BCUT2D eigenvalue weighted by molar-refractivity contribution is 0.0492. The highest BCUT2D eigenvalue weighted by Crippen LogP contribution is 2.33. The number of aromatic nitrogens is 3. The largest absolute Gasteiger partial charge is 0.444 e. The van der Waals surface area contributed by atoms with E-state index in [1.54, 1.807) is 6.20 Å². The minimum absolute atomic E-state index is 0.0564. The Kier molecular flexibility index (Phi) is 6.29. The van der Waals surface area contributed by atoms with Crippen molar-refractivity contribution in [3.63, 3.8) is 0 Å². The van der Waals surface area contributed by atoms with Gasteiger partial charge >= 0.3 is 6.09 Å². The van der Waals surface area contributed by atoms with Crippen molar-refractivity contribution < 1.29 is 9.53 Å². The summed E-state index contributed by atoms with van der Waals surface area (Å²) in [6.07, 6.45) is 7.01. The Bertz CT molecular complexity index is 1120. The molecule has 2 heterocycles. The molecular formula is C24H30ClN5O2. The van der Waals surface area contributed by atoms with Crippen LogP contribution in [0.2, 0.25) is 5.02 Å². The van der Waals surface area contributed by atoms with Crippen LogP contribution < -0.4 is 10.6 Å². The number of hydrogen-bond acceptors (Lipinski definition) is 5. The molecule has 1 amide bonds. The second-order valence-corrected chi connectivity index (χ2v) is 9.81. The second kappa shape index (κ2) is 8.98. The van der Waals surface area contributed by atoms with Crippen molar-refractivity contribution in [1.82, 2.24) is 19.9 Å². The molecule has 32 heavy (non-hydrogen) atoms. The van der Waals surface area contributed by atoms with Crippen LogP contribution in [0, 0.1) is 0 Å². The molecule has 7 nitrogen and oxygen atoms in total. The molecule has 0 radical (unpaired) electrons. The zero-order valence-corrected chi connectivity index (χ0v) is 19.7. The van der Waals surface area contributed by atoms with Gasteiger partial charge in [0.1, 0.15) is 5.60 Å². The lowest BCUT2D eigenvalue weighted by Crippen LogP contribution is -2.44. The van der Waals surface area contributed by atoms with Gasteiger partial charge in [-0.15, -0.1) is 0 Å². The summed E-state index contributed by atoms with van der Waals surface area (Å²) >= 11 is 6.49. The molecule has 0 aliphatic heterocycles. The maximum absolute atomic E-state index is 12.1. The van der Waals surface area contributed by atoms with Crippen LogP contribution in [-0.4, -0.2) is 38.3 Å². The van der Waals surface area contributed by atoms with Gasteiger partial charge in [-0.3, -0.25) is 0 Å². The number of hydrogen-bond donors (Lipinski definition) is 2. The molecule has 1 fully saturated rings. The highest BCUT2D eigenvalue weighted by molar-refractivity contribution is 6.33. The average Bonchev–Trinajstić information content (AvgIpc) is 3.09. The number of alkyl carbamates (subject to hydrolysis) is 1. The number of carbonyl (C=O) groups is 1. The van der Waals surface area contributed by atoms with Crippen LogP contribution in [0.5, 0.6) is 0 Å². The van der Waals surface area contributed by atoms with Gasteiger partial charge in [-0.05, 0) is 58.6 Å². The summed E-state index contributed by atoms with van der Waals surface area (Å²) in [7, 11) is 2.02. The number of anilines is 1. The van der Waals surface area contributed by atoms with Gasteiger partial charge in [0.15, 0.2) is 0 Å². The van der Waals surface area contributed by atoms with Crippen LogP contribution in [-0.2, 0) is 11.8 Å². The molecule has 0 unspecified atom stereocenters. The molecule has 170 valence electrons. The maximum atomic E-state index is 12.1. The molecule has 3 aromatic rings. The van der Waals surface area contributed by atoms with Crippen molar-refractivity contribution in [1.29, 1.82) is 0 Å². The second-order valence-electron chi connectivity index (χ2n) is 9.41. The number of ether oxygens (including phenoxy) is 1. The van der Waals surface area contributed by atoms with Crippen LogP contribution in [0.1, 0.15) is 46.5 Å². The molecule has 0 saturated heterocycles. The van der Waals surface area contributed by atoms with Gasteiger partial charge in [-0.1, -0.05) is 23.7 Å². The number of rotatable bonds is 4. The third kappa shape index (κ3) is 5.15. The molecule has 0 bridgehead atoms.